The smallest absolute Gasteiger partial charge is 0.424 e. The lowest BCUT2D eigenvalue weighted by Crippen LogP contribution is -2.26. The van der Waals surface area contributed by atoms with Crippen molar-refractivity contribution in [2.75, 3.05) is 18.5 Å². The number of hydrogen-bond donors (Lipinski definition) is 2. The van der Waals surface area contributed by atoms with Gasteiger partial charge in [-0.25, -0.2) is 14.3 Å². The quantitative estimate of drug-likeness (QED) is 0.793. The van der Waals surface area contributed by atoms with Crippen molar-refractivity contribution in [2.45, 2.75) is 6.42 Å². The highest BCUT2D eigenvalue weighted by molar-refractivity contribution is 5.94. The molecule has 0 saturated carbocycles. The number of carbonyl (C=O) groups excluding carboxylic acids is 1. The van der Waals surface area contributed by atoms with Crippen molar-refractivity contribution in [3.63, 3.8) is 0 Å². The summed E-state index contributed by atoms with van der Waals surface area (Å²) >= 11 is 0. The fourth-order valence-electron chi connectivity index (χ4n) is 1.89. The van der Waals surface area contributed by atoms with Crippen LogP contribution in [0.1, 0.15) is 5.76 Å². The molecule has 3 heterocycles. The van der Waals surface area contributed by atoms with Gasteiger partial charge in [-0.3, -0.25) is 4.79 Å². The van der Waals surface area contributed by atoms with E-state index in [2.05, 4.69) is 10.3 Å². The number of ether oxygens (including phenoxy) is 1. The Hall–Kier alpha value is -2.61. The maximum atomic E-state index is 11.7. The van der Waals surface area contributed by atoms with E-state index in [0.717, 1.165) is 0 Å². The summed E-state index contributed by atoms with van der Waals surface area (Å²) in [6.07, 6.45) is 2.00. The summed E-state index contributed by atoms with van der Waals surface area (Å²) in [6, 6.07) is 3.25. The topological polar surface area (TPSA) is 112 Å². The number of nitrogens with two attached hydrogens (primary N) is 1. The van der Waals surface area contributed by atoms with Crippen molar-refractivity contribution in [3.8, 4) is 11.6 Å². The third-order valence-electron chi connectivity index (χ3n) is 2.79. The van der Waals surface area contributed by atoms with Crippen molar-refractivity contribution < 1.29 is 13.9 Å². The van der Waals surface area contributed by atoms with Crippen LogP contribution < -0.4 is 21.5 Å². The average Bonchev–Trinajstić information content (AvgIpc) is 2.79. The summed E-state index contributed by atoms with van der Waals surface area (Å²) in [4.78, 5) is 27.2. The summed E-state index contributed by atoms with van der Waals surface area (Å²) in [5.74, 6) is 0.734. The minimum atomic E-state index is -0.552. The van der Waals surface area contributed by atoms with E-state index in [-0.39, 0.29) is 18.3 Å². The molecule has 0 atom stereocenters. The number of pyridine rings is 1. The number of nitrogens with one attached hydrogen (secondary N) is 1. The largest absolute Gasteiger partial charge is 0.480 e. The van der Waals surface area contributed by atoms with E-state index in [0.29, 0.717) is 30.3 Å². The Morgan fingerprint density at radius 3 is 3.05 bits per heavy atom. The number of oxazole rings is 1. The summed E-state index contributed by atoms with van der Waals surface area (Å²) < 4.78 is 11.5. The molecule has 0 aromatic carbocycles. The van der Waals surface area contributed by atoms with Crippen molar-refractivity contribution in [3.05, 3.63) is 34.6 Å². The second kappa shape index (κ2) is 4.82. The summed E-state index contributed by atoms with van der Waals surface area (Å²) in [7, 11) is 0. The molecule has 0 saturated heterocycles. The van der Waals surface area contributed by atoms with Crippen LogP contribution in [-0.2, 0) is 11.2 Å². The van der Waals surface area contributed by atoms with E-state index in [9.17, 15) is 9.59 Å². The van der Waals surface area contributed by atoms with Gasteiger partial charge in [-0.15, -0.1) is 0 Å². The molecular weight excluding hydrogens is 264 g/mol. The first kappa shape index (κ1) is 12.4. The molecule has 2 aromatic rings. The van der Waals surface area contributed by atoms with E-state index < -0.39 is 5.76 Å². The van der Waals surface area contributed by atoms with Gasteiger partial charge >= 0.3 is 5.76 Å². The van der Waals surface area contributed by atoms with Crippen molar-refractivity contribution >= 4 is 11.7 Å². The molecule has 1 aliphatic heterocycles. The first-order valence-electron chi connectivity index (χ1n) is 6.03. The van der Waals surface area contributed by atoms with Crippen molar-refractivity contribution in [1.29, 1.82) is 0 Å². The molecule has 0 fully saturated rings. The Morgan fingerprint density at radius 2 is 2.25 bits per heavy atom. The van der Waals surface area contributed by atoms with E-state index in [1.807, 2.05) is 0 Å². The Morgan fingerprint density at radius 1 is 1.40 bits per heavy atom. The number of carbonyl (C=O) groups is 1. The van der Waals surface area contributed by atoms with Gasteiger partial charge in [0.1, 0.15) is 11.6 Å². The fraction of sp³-hybridized carbons (Fsp3) is 0.250. The van der Waals surface area contributed by atoms with Gasteiger partial charge in [0.2, 0.25) is 0 Å². The highest BCUT2D eigenvalue weighted by Gasteiger charge is 2.18. The zero-order valence-corrected chi connectivity index (χ0v) is 10.5. The number of fused-ring (bicyclic) bond motifs is 1. The molecule has 0 spiro atoms. The van der Waals surface area contributed by atoms with Crippen LogP contribution in [0, 0.1) is 0 Å². The molecule has 8 heteroatoms. The van der Waals surface area contributed by atoms with E-state index in [1.165, 1.54) is 10.8 Å². The number of anilines is 1. The molecule has 0 bridgehead atoms. The van der Waals surface area contributed by atoms with Gasteiger partial charge in [-0.2, -0.15) is 0 Å². The summed E-state index contributed by atoms with van der Waals surface area (Å²) in [5.41, 5.74) is 5.41. The highest BCUT2D eigenvalue weighted by atomic mass is 16.5. The maximum absolute atomic E-state index is 11.7. The van der Waals surface area contributed by atoms with Crippen LogP contribution >= 0.6 is 0 Å². The van der Waals surface area contributed by atoms with E-state index in [4.69, 9.17) is 14.9 Å². The second-order valence-corrected chi connectivity index (χ2v) is 4.23. The fourth-order valence-corrected chi connectivity index (χ4v) is 1.89. The normalized spacial score (nSPS) is 13.6. The van der Waals surface area contributed by atoms with Crippen LogP contribution in [0.4, 0.5) is 5.82 Å². The molecule has 8 nitrogen and oxygen atoms in total. The number of hydrogen-bond acceptors (Lipinski definition) is 6. The van der Waals surface area contributed by atoms with Crippen LogP contribution in [0.2, 0.25) is 0 Å². The zero-order valence-electron chi connectivity index (χ0n) is 10.5. The van der Waals surface area contributed by atoms with Gasteiger partial charge in [0, 0.05) is 6.42 Å². The third-order valence-corrected chi connectivity index (χ3v) is 2.79. The molecule has 3 rings (SSSR count). The van der Waals surface area contributed by atoms with Crippen LogP contribution in [0.3, 0.4) is 0 Å². The van der Waals surface area contributed by atoms with Crippen LogP contribution in [0.5, 0.6) is 5.75 Å². The molecule has 1 aliphatic rings. The molecule has 0 radical (unpaired) electrons. The third kappa shape index (κ3) is 2.16. The first-order valence-corrected chi connectivity index (χ1v) is 6.03. The maximum Gasteiger partial charge on any atom is 0.424 e. The summed E-state index contributed by atoms with van der Waals surface area (Å²) in [5, 5.41) is 2.58. The second-order valence-electron chi connectivity index (χ2n) is 4.23. The van der Waals surface area contributed by atoms with Gasteiger partial charge < -0.3 is 20.2 Å². The molecular formula is C12H12N4O4. The van der Waals surface area contributed by atoms with E-state index >= 15 is 0 Å². The lowest BCUT2D eigenvalue weighted by molar-refractivity contribution is -0.118. The first-order chi connectivity index (χ1) is 9.67. The van der Waals surface area contributed by atoms with Gasteiger partial charge in [0.15, 0.2) is 18.2 Å². The zero-order chi connectivity index (χ0) is 14.1. The molecule has 3 N–H and O–H groups in total. The van der Waals surface area contributed by atoms with Crippen LogP contribution in [0.15, 0.2) is 27.5 Å². The number of nitrogens with zero attached hydrogens (tertiary/aromatic N) is 2. The van der Waals surface area contributed by atoms with Crippen molar-refractivity contribution in [2.24, 2.45) is 5.73 Å². The Kier molecular flexibility index (Phi) is 2.99. The minimum Gasteiger partial charge on any atom is -0.480 e. The predicted molar refractivity (Wildman–Crippen MR) is 69.0 cm³/mol. The lowest BCUT2D eigenvalue weighted by atomic mass is 10.3. The molecule has 1 amide bonds. The molecule has 104 valence electrons. The van der Waals surface area contributed by atoms with E-state index in [1.54, 1.807) is 12.1 Å². The van der Waals surface area contributed by atoms with Crippen molar-refractivity contribution in [1.82, 2.24) is 9.55 Å². The SMILES string of the molecule is NCCc1cn(-c2ccc3c(n2)NC(=O)CO3)c(=O)o1. The van der Waals surface area contributed by atoms with Gasteiger partial charge in [0.05, 0.1) is 6.20 Å². The number of rotatable bonds is 3. The van der Waals surface area contributed by atoms with Gasteiger partial charge in [-0.1, -0.05) is 0 Å². The number of aromatic nitrogens is 2. The molecule has 0 aliphatic carbocycles. The average molecular weight is 276 g/mol. The number of amides is 1. The summed E-state index contributed by atoms with van der Waals surface area (Å²) in [6.45, 7) is 0.342. The standard InChI is InChI=1S/C12H12N4O4/c13-4-3-7-5-16(12(18)20-7)9-2-1-8-11(14-9)15-10(17)6-19-8/h1-2,5H,3-4,6,13H2,(H,14,15,17). The van der Waals surface area contributed by atoms with Crippen LogP contribution in [0.25, 0.3) is 5.82 Å². The predicted octanol–water partition coefficient (Wildman–Crippen LogP) is -0.342. The monoisotopic (exact) mass is 276 g/mol. The Bertz CT molecular complexity index is 718. The lowest BCUT2D eigenvalue weighted by Gasteiger charge is -2.17. The minimum absolute atomic E-state index is 0.0413. The highest BCUT2D eigenvalue weighted by Crippen LogP contribution is 2.26. The van der Waals surface area contributed by atoms with Gasteiger partial charge in [-0.05, 0) is 18.7 Å². The molecule has 20 heavy (non-hydrogen) atoms. The Balaban J connectivity index is 2.00. The van der Waals surface area contributed by atoms with Gasteiger partial charge in [0.25, 0.3) is 5.91 Å². The van der Waals surface area contributed by atoms with Crippen LogP contribution in [-0.4, -0.2) is 28.6 Å². The molecule has 2 aromatic heterocycles. The molecule has 0 unspecified atom stereocenters. The Labute approximate surface area is 113 Å².